The number of benzene rings is 1. The molecule has 1 aromatic rings. The van der Waals surface area contributed by atoms with Gasteiger partial charge in [0.2, 0.25) is 11.8 Å². The van der Waals surface area contributed by atoms with Crippen LogP contribution in [0.2, 0.25) is 0 Å². The second-order valence-corrected chi connectivity index (χ2v) is 4.43. The van der Waals surface area contributed by atoms with Crippen molar-refractivity contribution in [3.63, 3.8) is 0 Å². The first-order chi connectivity index (χ1) is 8.81. The van der Waals surface area contributed by atoms with E-state index in [1.807, 2.05) is 0 Å². The Bertz CT molecular complexity index is 490. The summed E-state index contributed by atoms with van der Waals surface area (Å²) >= 11 is 0. The van der Waals surface area contributed by atoms with Gasteiger partial charge in [-0.05, 0) is 26.0 Å². The lowest BCUT2D eigenvalue weighted by Crippen LogP contribution is -2.42. The molecule has 0 aliphatic rings. The molecular formula is C13H16F2N2O2. The number of nitrogens with zero attached hydrogens (tertiary/aromatic N) is 1. The molecule has 0 bridgehead atoms. The van der Waals surface area contributed by atoms with Gasteiger partial charge in [-0.25, -0.2) is 8.78 Å². The van der Waals surface area contributed by atoms with Crippen LogP contribution < -0.4 is 10.2 Å². The minimum atomic E-state index is -1.06. The number of carbonyl (C=O) groups excluding carboxylic acids is 2. The van der Waals surface area contributed by atoms with Gasteiger partial charge in [-0.15, -0.1) is 0 Å². The fourth-order valence-corrected chi connectivity index (χ4v) is 1.55. The molecule has 0 aliphatic carbocycles. The lowest BCUT2D eigenvalue weighted by atomic mass is 10.2. The summed E-state index contributed by atoms with van der Waals surface area (Å²) in [5, 5.41) is 2.62. The van der Waals surface area contributed by atoms with Gasteiger partial charge in [0, 0.05) is 24.7 Å². The van der Waals surface area contributed by atoms with Crippen LogP contribution in [0.5, 0.6) is 0 Å². The minimum Gasteiger partial charge on any atom is -0.352 e. The Morgan fingerprint density at radius 2 is 1.89 bits per heavy atom. The summed E-state index contributed by atoms with van der Waals surface area (Å²) in [6, 6.07) is 2.99. The highest BCUT2D eigenvalue weighted by Crippen LogP contribution is 2.18. The average Bonchev–Trinajstić information content (AvgIpc) is 2.28. The molecule has 0 aliphatic heterocycles. The number of carbonyl (C=O) groups is 2. The topological polar surface area (TPSA) is 49.4 Å². The van der Waals surface area contributed by atoms with Crippen LogP contribution in [0.4, 0.5) is 14.5 Å². The van der Waals surface area contributed by atoms with Crippen molar-refractivity contribution in [3.8, 4) is 0 Å². The van der Waals surface area contributed by atoms with Crippen molar-refractivity contribution in [2.24, 2.45) is 0 Å². The van der Waals surface area contributed by atoms with E-state index in [4.69, 9.17) is 0 Å². The van der Waals surface area contributed by atoms with Crippen molar-refractivity contribution >= 4 is 17.5 Å². The quantitative estimate of drug-likeness (QED) is 0.907. The number of hydrogen-bond acceptors (Lipinski definition) is 2. The number of halogens is 2. The first-order valence-electron chi connectivity index (χ1n) is 5.83. The van der Waals surface area contributed by atoms with Gasteiger partial charge >= 0.3 is 0 Å². The van der Waals surface area contributed by atoms with Crippen LogP contribution in [0.15, 0.2) is 18.2 Å². The molecule has 1 N–H and O–H groups in total. The van der Waals surface area contributed by atoms with Crippen LogP contribution in [0.1, 0.15) is 20.8 Å². The summed E-state index contributed by atoms with van der Waals surface area (Å²) in [4.78, 5) is 24.2. The van der Waals surface area contributed by atoms with Crippen LogP contribution >= 0.6 is 0 Å². The summed E-state index contributed by atoms with van der Waals surface area (Å²) in [6.07, 6.45) is 0. The fourth-order valence-electron chi connectivity index (χ4n) is 1.55. The van der Waals surface area contributed by atoms with Gasteiger partial charge in [-0.2, -0.15) is 0 Å². The zero-order chi connectivity index (χ0) is 14.6. The zero-order valence-electron chi connectivity index (χ0n) is 11.0. The SMILES string of the molecule is CC(=O)N(CC(=O)NC(C)C)c1ccc(F)c(F)c1. The standard InChI is InChI=1S/C13H16F2N2O2/c1-8(2)16-13(19)7-17(9(3)18)10-4-5-11(14)12(15)6-10/h4-6,8H,7H2,1-3H3,(H,16,19). The second-order valence-electron chi connectivity index (χ2n) is 4.43. The van der Waals surface area contributed by atoms with Crippen LogP contribution in [-0.2, 0) is 9.59 Å². The van der Waals surface area contributed by atoms with Gasteiger partial charge in [0.1, 0.15) is 6.54 Å². The van der Waals surface area contributed by atoms with Crippen LogP contribution in [0, 0.1) is 11.6 Å². The molecule has 0 atom stereocenters. The van der Waals surface area contributed by atoms with E-state index < -0.39 is 17.5 Å². The van der Waals surface area contributed by atoms with Gasteiger partial charge in [-0.3, -0.25) is 9.59 Å². The van der Waals surface area contributed by atoms with Crippen molar-refractivity contribution in [3.05, 3.63) is 29.8 Å². The third-order valence-electron chi connectivity index (χ3n) is 2.35. The average molecular weight is 270 g/mol. The number of amides is 2. The Morgan fingerprint density at radius 1 is 1.26 bits per heavy atom. The first-order valence-corrected chi connectivity index (χ1v) is 5.83. The van der Waals surface area contributed by atoms with Crippen molar-refractivity contribution in [1.29, 1.82) is 0 Å². The number of anilines is 1. The van der Waals surface area contributed by atoms with E-state index >= 15 is 0 Å². The van der Waals surface area contributed by atoms with E-state index in [1.165, 1.54) is 13.0 Å². The van der Waals surface area contributed by atoms with Gasteiger partial charge < -0.3 is 10.2 Å². The summed E-state index contributed by atoms with van der Waals surface area (Å²) in [5.41, 5.74) is 0.144. The molecule has 1 aromatic carbocycles. The third kappa shape index (κ3) is 4.31. The maximum Gasteiger partial charge on any atom is 0.240 e. The molecule has 6 heteroatoms. The van der Waals surface area contributed by atoms with Crippen molar-refractivity contribution < 1.29 is 18.4 Å². The first kappa shape index (κ1) is 15.1. The van der Waals surface area contributed by atoms with E-state index in [0.29, 0.717) is 0 Å². The van der Waals surface area contributed by atoms with Crippen molar-refractivity contribution in [2.75, 3.05) is 11.4 Å². The Kier molecular flexibility index (Phi) is 4.97. The maximum atomic E-state index is 13.1. The van der Waals surface area contributed by atoms with Crippen LogP contribution in [-0.4, -0.2) is 24.4 Å². The molecular weight excluding hydrogens is 254 g/mol. The number of hydrogen-bond donors (Lipinski definition) is 1. The fraction of sp³-hybridized carbons (Fsp3) is 0.385. The van der Waals surface area contributed by atoms with Gasteiger partial charge in [-0.1, -0.05) is 0 Å². The van der Waals surface area contributed by atoms with E-state index in [9.17, 15) is 18.4 Å². The lowest BCUT2D eigenvalue weighted by Gasteiger charge is -2.21. The summed E-state index contributed by atoms with van der Waals surface area (Å²) in [7, 11) is 0. The lowest BCUT2D eigenvalue weighted by molar-refractivity contribution is -0.123. The molecule has 1 rings (SSSR count). The second kappa shape index (κ2) is 6.26. The monoisotopic (exact) mass is 270 g/mol. The van der Waals surface area contributed by atoms with E-state index in [2.05, 4.69) is 5.32 Å². The Labute approximate surface area is 110 Å². The molecule has 0 fully saturated rings. The summed E-state index contributed by atoms with van der Waals surface area (Å²) in [6.45, 7) is 4.59. The predicted molar refractivity (Wildman–Crippen MR) is 67.7 cm³/mol. The van der Waals surface area contributed by atoms with Gasteiger partial charge in [0.25, 0.3) is 0 Å². The van der Waals surface area contributed by atoms with E-state index in [1.54, 1.807) is 13.8 Å². The molecule has 0 aromatic heterocycles. The summed E-state index contributed by atoms with van der Waals surface area (Å²) < 4.78 is 26.0. The number of rotatable bonds is 4. The summed E-state index contributed by atoms with van der Waals surface area (Å²) in [5.74, 6) is -2.85. The molecule has 0 saturated heterocycles. The highest BCUT2D eigenvalue weighted by Gasteiger charge is 2.17. The molecule has 0 spiro atoms. The predicted octanol–water partition coefficient (Wildman–Crippen LogP) is 1.84. The molecule has 4 nitrogen and oxygen atoms in total. The Hall–Kier alpha value is -1.98. The van der Waals surface area contributed by atoms with Crippen LogP contribution in [0.3, 0.4) is 0 Å². The van der Waals surface area contributed by atoms with Gasteiger partial charge in [0.15, 0.2) is 11.6 Å². The number of nitrogens with one attached hydrogen (secondary N) is 1. The molecule has 0 unspecified atom stereocenters. The minimum absolute atomic E-state index is 0.0636. The molecule has 0 heterocycles. The maximum absolute atomic E-state index is 13.1. The normalized spacial score (nSPS) is 10.4. The largest absolute Gasteiger partial charge is 0.352 e. The smallest absolute Gasteiger partial charge is 0.240 e. The van der Waals surface area contributed by atoms with E-state index in [0.717, 1.165) is 17.0 Å². The molecule has 2 amide bonds. The highest BCUT2D eigenvalue weighted by molar-refractivity contribution is 5.97. The Morgan fingerprint density at radius 3 is 2.37 bits per heavy atom. The van der Waals surface area contributed by atoms with Crippen molar-refractivity contribution in [2.45, 2.75) is 26.8 Å². The van der Waals surface area contributed by atoms with E-state index in [-0.39, 0.29) is 24.2 Å². The zero-order valence-corrected chi connectivity index (χ0v) is 11.0. The molecule has 0 radical (unpaired) electrons. The van der Waals surface area contributed by atoms with Crippen LogP contribution in [0.25, 0.3) is 0 Å². The molecule has 19 heavy (non-hydrogen) atoms. The third-order valence-corrected chi connectivity index (χ3v) is 2.35. The molecule has 0 saturated carbocycles. The Balaban J connectivity index is 2.91. The highest BCUT2D eigenvalue weighted by atomic mass is 19.2. The van der Waals surface area contributed by atoms with Gasteiger partial charge in [0.05, 0.1) is 0 Å². The van der Waals surface area contributed by atoms with Crippen molar-refractivity contribution in [1.82, 2.24) is 5.32 Å². The molecule has 104 valence electrons.